The summed E-state index contributed by atoms with van der Waals surface area (Å²) in [5, 5.41) is 3.38. The minimum atomic E-state index is 0.816. The third-order valence-corrected chi connectivity index (χ3v) is 2.83. The summed E-state index contributed by atoms with van der Waals surface area (Å²) in [4.78, 5) is 2.56. The van der Waals surface area contributed by atoms with E-state index in [1.165, 1.54) is 32.5 Å². The first kappa shape index (κ1) is 12.0. The van der Waals surface area contributed by atoms with Crippen LogP contribution in [-0.4, -0.2) is 51.3 Å². The van der Waals surface area contributed by atoms with Gasteiger partial charge in [0.2, 0.25) is 0 Å². The van der Waals surface area contributed by atoms with Crippen LogP contribution in [0.15, 0.2) is 0 Å². The maximum Gasteiger partial charge on any atom is 0.0587 e. The zero-order chi connectivity index (χ0) is 10.2. The summed E-state index contributed by atoms with van der Waals surface area (Å²) in [6, 6.07) is 0. The molecule has 3 nitrogen and oxygen atoms in total. The van der Waals surface area contributed by atoms with E-state index in [1.54, 1.807) is 7.11 Å². The van der Waals surface area contributed by atoms with E-state index in [-0.39, 0.29) is 0 Å². The first-order valence-corrected chi connectivity index (χ1v) is 5.75. The van der Waals surface area contributed by atoms with E-state index in [0.29, 0.717) is 0 Å². The molecule has 84 valence electrons. The van der Waals surface area contributed by atoms with Crippen LogP contribution >= 0.6 is 0 Å². The van der Waals surface area contributed by atoms with Crippen molar-refractivity contribution in [2.24, 2.45) is 5.92 Å². The van der Waals surface area contributed by atoms with Crippen molar-refractivity contribution in [2.45, 2.75) is 19.8 Å². The Morgan fingerprint density at radius 3 is 3.00 bits per heavy atom. The molecule has 1 saturated heterocycles. The van der Waals surface area contributed by atoms with Crippen LogP contribution in [0.25, 0.3) is 0 Å². The lowest BCUT2D eigenvalue weighted by Gasteiger charge is -2.30. The van der Waals surface area contributed by atoms with Crippen LogP contribution in [0.4, 0.5) is 0 Å². The van der Waals surface area contributed by atoms with Gasteiger partial charge in [0.25, 0.3) is 0 Å². The van der Waals surface area contributed by atoms with E-state index in [0.717, 1.165) is 25.6 Å². The Hall–Kier alpha value is -0.120. The van der Waals surface area contributed by atoms with Crippen LogP contribution in [0.5, 0.6) is 0 Å². The topological polar surface area (TPSA) is 24.5 Å². The molecule has 1 unspecified atom stereocenters. The fraction of sp³-hybridized carbons (Fsp3) is 1.00. The standard InChI is InChI=1S/C11H24N2O/c1-11-4-3-7-13(10-11)8-5-12-6-9-14-2/h11-12H,3-10H2,1-2H3. The number of nitrogens with one attached hydrogen (secondary N) is 1. The summed E-state index contributed by atoms with van der Waals surface area (Å²) < 4.78 is 4.97. The Morgan fingerprint density at radius 1 is 1.43 bits per heavy atom. The quantitative estimate of drug-likeness (QED) is 0.646. The van der Waals surface area contributed by atoms with Crippen molar-refractivity contribution in [3.63, 3.8) is 0 Å². The van der Waals surface area contributed by atoms with E-state index < -0.39 is 0 Å². The molecule has 1 rings (SSSR count). The highest BCUT2D eigenvalue weighted by molar-refractivity contribution is 4.70. The van der Waals surface area contributed by atoms with Crippen molar-refractivity contribution < 1.29 is 4.74 Å². The van der Waals surface area contributed by atoms with Crippen LogP contribution in [0.3, 0.4) is 0 Å². The summed E-state index contributed by atoms with van der Waals surface area (Å²) in [5.41, 5.74) is 0. The maximum absolute atomic E-state index is 4.97. The lowest BCUT2D eigenvalue weighted by molar-refractivity contribution is 0.176. The minimum Gasteiger partial charge on any atom is -0.383 e. The van der Waals surface area contributed by atoms with Crippen LogP contribution < -0.4 is 5.32 Å². The second-order valence-electron chi connectivity index (χ2n) is 4.29. The number of methoxy groups -OCH3 is 1. The predicted octanol–water partition coefficient (Wildman–Crippen LogP) is 0.954. The Labute approximate surface area is 87.8 Å². The SMILES string of the molecule is COCCNCCN1CCCC(C)C1. The number of nitrogens with zero attached hydrogens (tertiary/aromatic N) is 1. The van der Waals surface area contributed by atoms with Crippen molar-refractivity contribution in [1.82, 2.24) is 10.2 Å². The Balaban J connectivity index is 1.95. The van der Waals surface area contributed by atoms with Gasteiger partial charge in [0.1, 0.15) is 0 Å². The summed E-state index contributed by atoms with van der Waals surface area (Å²) in [6.07, 6.45) is 2.78. The van der Waals surface area contributed by atoms with Gasteiger partial charge in [-0.05, 0) is 25.3 Å². The molecular weight excluding hydrogens is 176 g/mol. The van der Waals surface area contributed by atoms with Crippen molar-refractivity contribution in [2.75, 3.05) is 46.4 Å². The molecule has 3 heteroatoms. The average molecular weight is 200 g/mol. The summed E-state index contributed by atoms with van der Waals surface area (Å²) in [6.45, 7) is 8.99. The highest BCUT2D eigenvalue weighted by Crippen LogP contribution is 2.14. The van der Waals surface area contributed by atoms with E-state index in [1.807, 2.05) is 0 Å². The average Bonchev–Trinajstić information content (AvgIpc) is 2.18. The third-order valence-electron chi connectivity index (χ3n) is 2.83. The van der Waals surface area contributed by atoms with Crippen molar-refractivity contribution in [3.05, 3.63) is 0 Å². The van der Waals surface area contributed by atoms with Gasteiger partial charge >= 0.3 is 0 Å². The van der Waals surface area contributed by atoms with E-state index >= 15 is 0 Å². The third kappa shape index (κ3) is 4.94. The van der Waals surface area contributed by atoms with Crippen LogP contribution in [0.1, 0.15) is 19.8 Å². The maximum atomic E-state index is 4.97. The van der Waals surface area contributed by atoms with Gasteiger partial charge in [0, 0.05) is 33.3 Å². The molecule has 0 aromatic heterocycles. The van der Waals surface area contributed by atoms with E-state index in [4.69, 9.17) is 4.74 Å². The molecule has 0 bridgehead atoms. The lowest BCUT2D eigenvalue weighted by Crippen LogP contribution is -2.39. The molecule has 1 aliphatic heterocycles. The van der Waals surface area contributed by atoms with Gasteiger partial charge in [-0.15, -0.1) is 0 Å². The van der Waals surface area contributed by atoms with Gasteiger partial charge in [-0.25, -0.2) is 0 Å². The molecule has 0 aromatic carbocycles. The molecule has 0 aromatic rings. The molecule has 0 spiro atoms. The zero-order valence-corrected chi connectivity index (χ0v) is 9.59. The molecular formula is C11H24N2O. The second kappa shape index (κ2) is 7.21. The molecule has 0 radical (unpaired) electrons. The normalized spacial score (nSPS) is 24.0. The van der Waals surface area contributed by atoms with Gasteiger partial charge in [-0.2, -0.15) is 0 Å². The molecule has 1 N–H and O–H groups in total. The molecule has 1 fully saturated rings. The molecule has 0 amide bonds. The van der Waals surface area contributed by atoms with Crippen molar-refractivity contribution >= 4 is 0 Å². The monoisotopic (exact) mass is 200 g/mol. The number of hydrogen-bond acceptors (Lipinski definition) is 3. The Morgan fingerprint density at radius 2 is 2.29 bits per heavy atom. The first-order chi connectivity index (χ1) is 6.83. The van der Waals surface area contributed by atoms with Crippen molar-refractivity contribution in [3.8, 4) is 0 Å². The van der Waals surface area contributed by atoms with Gasteiger partial charge < -0.3 is 15.0 Å². The van der Waals surface area contributed by atoms with Gasteiger partial charge in [-0.1, -0.05) is 6.92 Å². The fourth-order valence-electron chi connectivity index (χ4n) is 2.03. The second-order valence-corrected chi connectivity index (χ2v) is 4.29. The smallest absolute Gasteiger partial charge is 0.0587 e. The van der Waals surface area contributed by atoms with Gasteiger partial charge in [-0.3, -0.25) is 0 Å². The number of hydrogen-bond donors (Lipinski definition) is 1. The predicted molar refractivity (Wildman–Crippen MR) is 59.6 cm³/mol. The minimum absolute atomic E-state index is 0.816. The molecule has 0 saturated carbocycles. The molecule has 1 aliphatic rings. The number of ether oxygens (including phenoxy) is 1. The fourth-order valence-corrected chi connectivity index (χ4v) is 2.03. The summed E-state index contributed by atoms with van der Waals surface area (Å²) >= 11 is 0. The molecule has 1 heterocycles. The van der Waals surface area contributed by atoms with Crippen LogP contribution in [-0.2, 0) is 4.74 Å². The van der Waals surface area contributed by atoms with Crippen LogP contribution in [0.2, 0.25) is 0 Å². The van der Waals surface area contributed by atoms with Crippen molar-refractivity contribution in [1.29, 1.82) is 0 Å². The zero-order valence-electron chi connectivity index (χ0n) is 9.59. The Kier molecular flexibility index (Phi) is 6.15. The largest absolute Gasteiger partial charge is 0.383 e. The molecule has 0 aliphatic carbocycles. The number of likely N-dealkylation sites (tertiary alicyclic amines) is 1. The van der Waals surface area contributed by atoms with E-state index in [9.17, 15) is 0 Å². The van der Waals surface area contributed by atoms with E-state index in [2.05, 4.69) is 17.1 Å². The number of piperidine rings is 1. The Bertz CT molecular complexity index is 141. The summed E-state index contributed by atoms with van der Waals surface area (Å²) in [7, 11) is 1.74. The number of rotatable bonds is 6. The van der Waals surface area contributed by atoms with Gasteiger partial charge in [0.05, 0.1) is 6.61 Å². The summed E-state index contributed by atoms with van der Waals surface area (Å²) in [5.74, 6) is 0.891. The van der Waals surface area contributed by atoms with Crippen LogP contribution in [0, 0.1) is 5.92 Å². The lowest BCUT2D eigenvalue weighted by atomic mass is 10.0. The highest BCUT2D eigenvalue weighted by Gasteiger charge is 2.14. The molecule has 14 heavy (non-hydrogen) atoms. The first-order valence-electron chi connectivity index (χ1n) is 5.75. The highest BCUT2D eigenvalue weighted by atomic mass is 16.5. The van der Waals surface area contributed by atoms with Gasteiger partial charge in [0.15, 0.2) is 0 Å². The molecule has 1 atom stereocenters.